The van der Waals surface area contributed by atoms with Crippen LogP contribution < -0.4 is 20.5 Å². The number of nitrogens with two attached hydrogens (primary N) is 1. The zero-order valence-corrected chi connectivity index (χ0v) is 11.0. The Hall–Kier alpha value is -2.28. The number of carbonyl (C=O) groups excluding carboxylic acids is 1. The number of hydrogen-bond acceptors (Lipinski definition) is 5. The molecule has 0 fully saturated rings. The smallest absolute Gasteiger partial charge is 0.319 e. The van der Waals surface area contributed by atoms with Crippen molar-refractivity contribution < 1.29 is 14.3 Å². The van der Waals surface area contributed by atoms with Crippen molar-refractivity contribution in [2.75, 3.05) is 19.5 Å². The third-order valence-electron chi connectivity index (χ3n) is 2.39. The number of rotatable bonds is 3. The van der Waals surface area contributed by atoms with Gasteiger partial charge in [-0.05, 0) is 6.07 Å². The van der Waals surface area contributed by atoms with Crippen molar-refractivity contribution in [3.05, 3.63) is 17.3 Å². The van der Waals surface area contributed by atoms with E-state index in [4.69, 9.17) is 26.8 Å². The minimum atomic E-state index is -0.768. The van der Waals surface area contributed by atoms with Crippen LogP contribution in [0.4, 0.5) is 10.7 Å². The third kappa shape index (κ3) is 2.60. The van der Waals surface area contributed by atoms with Crippen molar-refractivity contribution in [2.45, 2.75) is 0 Å². The van der Waals surface area contributed by atoms with Crippen LogP contribution in [0.3, 0.4) is 0 Å². The lowest BCUT2D eigenvalue weighted by Gasteiger charge is -2.10. The topological polar surface area (TPSA) is 99.4 Å². The van der Waals surface area contributed by atoms with Gasteiger partial charge < -0.3 is 15.2 Å². The fraction of sp³-hybridized carbons (Fsp3) is 0.182. The Kier molecular flexibility index (Phi) is 3.57. The average molecular weight is 283 g/mol. The van der Waals surface area contributed by atoms with Crippen molar-refractivity contribution in [3.63, 3.8) is 0 Å². The molecular formula is C11H11ClN4O3. The fourth-order valence-corrected chi connectivity index (χ4v) is 1.82. The van der Waals surface area contributed by atoms with Gasteiger partial charge in [0, 0.05) is 11.5 Å². The molecular weight excluding hydrogens is 272 g/mol. The van der Waals surface area contributed by atoms with Crippen molar-refractivity contribution in [2.24, 2.45) is 5.73 Å². The van der Waals surface area contributed by atoms with Gasteiger partial charge in [-0.3, -0.25) is 5.32 Å². The number of urea groups is 1. The number of benzene rings is 1. The lowest BCUT2D eigenvalue weighted by atomic mass is 10.2. The van der Waals surface area contributed by atoms with E-state index in [1.807, 2.05) is 0 Å². The molecule has 8 heteroatoms. The third-order valence-corrected chi connectivity index (χ3v) is 2.68. The molecule has 0 atom stereocenters. The summed E-state index contributed by atoms with van der Waals surface area (Å²) in [5.41, 5.74) is 5.50. The summed E-state index contributed by atoms with van der Waals surface area (Å²) < 4.78 is 10.3. The highest BCUT2D eigenvalue weighted by Crippen LogP contribution is 2.34. The molecule has 0 aliphatic carbocycles. The first kappa shape index (κ1) is 13.2. The van der Waals surface area contributed by atoms with Gasteiger partial charge in [-0.2, -0.15) is 0 Å². The number of hydrogen-bond donors (Lipinski definition) is 2. The maximum atomic E-state index is 10.8. The Labute approximate surface area is 113 Å². The highest BCUT2D eigenvalue weighted by molar-refractivity contribution is 6.34. The molecule has 2 amide bonds. The zero-order chi connectivity index (χ0) is 14.0. The van der Waals surface area contributed by atoms with Crippen molar-refractivity contribution in [1.82, 2.24) is 9.97 Å². The summed E-state index contributed by atoms with van der Waals surface area (Å²) in [6, 6.07) is 2.52. The van der Waals surface area contributed by atoms with Crippen LogP contribution in [-0.2, 0) is 0 Å². The summed E-state index contributed by atoms with van der Waals surface area (Å²) in [6.45, 7) is 0. The molecule has 0 saturated carbocycles. The van der Waals surface area contributed by atoms with Crippen LogP contribution in [0.2, 0.25) is 5.15 Å². The predicted molar refractivity (Wildman–Crippen MR) is 70.9 cm³/mol. The fourth-order valence-electron chi connectivity index (χ4n) is 1.58. The van der Waals surface area contributed by atoms with Gasteiger partial charge in [0.2, 0.25) is 5.95 Å². The largest absolute Gasteiger partial charge is 0.493 e. The Balaban J connectivity index is 2.63. The number of amides is 2. The number of primary amides is 1. The minimum Gasteiger partial charge on any atom is -0.493 e. The second-order valence-electron chi connectivity index (χ2n) is 3.55. The summed E-state index contributed by atoms with van der Waals surface area (Å²) in [4.78, 5) is 18.8. The second-order valence-corrected chi connectivity index (χ2v) is 3.91. The van der Waals surface area contributed by atoms with Crippen LogP contribution in [0.1, 0.15) is 0 Å². The van der Waals surface area contributed by atoms with E-state index >= 15 is 0 Å². The SMILES string of the molecule is COc1cc2nc(NC(N)=O)nc(Cl)c2cc1OC. The highest BCUT2D eigenvalue weighted by Gasteiger charge is 2.12. The molecule has 0 spiro atoms. The van der Waals surface area contributed by atoms with E-state index in [0.29, 0.717) is 22.4 Å². The number of halogens is 1. The van der Waals surface area contributed by atoms with Gasteiger partial charge in [-0.25, -0.2) is 14.8 Å². The molecule has 0 saturated heterocycles. The van der Waals surface area contributed by atoms with Crippen LogP contribution in [0.5, 0.6) is 11.5 Å². The van der Waals surface area contributed by atoms with Gasteiger partial charge >= 0.3 is 6.03 Å². The summed E-state index contributed by atoms with van der Waals surface area (Å²) >= 11 is 6.03. The molecule has 1 aromatic carbocycles. The standard InChI is InChI=1S/C11H11ClN4O3/c1-18-7-3-5-6(4-8(7)19-2)14-11(15-9(5)12)16-10(13)17/h3-4H,1-2H3,(H3,13,14,15,16,17). The monoisotopic (exact) mass is 282 g/mol. The Morgan fingerprint density at radius 1 is 1.26 bits per heavy atom. The normalized spacial score (nSPS) is 10.3. The van der Waals surface area contributed by atoms with E-state index < -0.39 is 6.03 Å². The lowest BCUT2D eigenvalue weighted by Crippen LogP contribution is -2.20. The van der Waals surface area contributed by atoms with Gasteiger partial charge in [-0.15, -0.1) is 0 Å². The van der Waals surface area contributed by atoms with Crippen molar-refractivity contribution in [3.8, 4) is 11.5 Å². The molecule has 100 valence electrons. The average Bonchev–Trinajstić information content (AvgIpc) is 2.36. The van der Waals surface area contributed by atoms with Gasteiger partial charge in [0.05, 0.1) is 19.7 Å². The zero-order valence-electron chi connectivity index (χ0n) is 10.2. The molecule has 2 rings (SSSR count). The lowest BCUT2D eigenvalue weighted by molar-refractivity contribution is 0.259. The number of ether oxygens (including phenoxy) is 2. The number of carbonyl (C=O) groups is 1. The van der Waals surface area contributed by atoms with Gasteiger partial charge in [0.25, 0.3) is 0 Å². The molecule has 0 aliphatic rings. The first-order chi connectivity index (χ1) is 9.05. The minimum absolute atomic E-state index is 0.0252. The molecule has 0 radical (unpaired) electrons. The molecule has 1 aromatic heterocycles. The quantitative estimate of drug-likeness (QED) is 0.836. The molecule has 0 aliphatic heterocycles. The van der Waals surface area contributed by atoms with E-state index in [-0.39, 0.29) is 11.1 Å². The van der Waals surface area contributed by atoms with Gasteiger partial charge in [0.1, 0.15) is 5.15 Å². The van der Waals surface area contributed by atoms with E-state index in [1.165, 1.54) is 14.2 Å². The highest BCUT2D eigenvalue weighted by atomic mass is 35.5. The van der Waals surface area contributed by atoms with Crippen molar-refractivity contribution in [1.29, 1.82) is 0 Å². The van der Waals surface area contributed by atoms with E-state index in [1.54, 1.807) is 12.1 Å². The molecule has 1 heterocycles. The number of nitrogens with zero attached hydrogens (tertiary/aromatic N) is 2. The second kappa shape index (κ2) is 5.15. The molecule has 7 nitrogen and oxygen atoms in total. The summed E-state index contributed by atoms with van der Waals surface area (Å²) in [5.74, 6) is 1.03. The van der Waals surface area contributed by atoms with Gasteiger partial charge in [-0.1, -0.05) is 11.6 Å². The van der Waals surface area contributed by atoms with Crippen LogP contribution in [0.15, 0.2) is 12.1 Å². The summed E-state index contributed by atoms with van der Waals surface area (Å²) in [6.07, 6.45) is 0. The molecule has 0 unspecified atom stereocenters. The Morgan fingerprint density at radius 2 is 1.89 bits per heavy atom. The molecule has 0 bridgehead atoms. The first-order valence-corrected chi connectivity index (χ1v) is 5.58. The number of methoxy groups -OCH3 is 2. The van der Waals surface area contributed by atoms with Crippen LogP contribution in [-0.4, -0.2) is 30.2 Å². The van der Waals surface area contributed by atoms with Crippen LogP contribution in [0, 0.1) is 0 Å². The van der Waals surface area contributed by atoms with E-state index in [9.17, 15) is 4.79 Å². The number of anilines is 1. The molecule has 2 aromatic rings. The Morgan fingerprint density at radius 3 is 2.47 bits per heavy atom. The molecule has 3 N–H and O–H groups in total. The number of fused-ring (bicyclic) bond motifs is 1. The number of aromatic nitrogens is 2. The summed E-state index contributed by atoms with van der Waals surface area (Å²) in [5, 5.41) is 3.02. The van der Waals surface area contributed by atoms with E-state index in [2.05, 4.69) is 15.3 Å². The van der Waals surface area contributed by atoms with Crippen molar-refractivity contribution >= 4 is 34.5 Å². The van der Waals surface area contributed by atoms with Gasteiger partial charge in [0.15, 0.2) is 11.5 Å². The van der Waals surface area contributed by atoms with Crippen LogP contribution >= 0.6 is 11.6 Å². The maximum Gasteiger partial charge on any atom is 0.319 e. The molecule has 19 heavy (non-hydrogen) atoms. The predicted octanol–water partition coefficient (Wildman–Crippen LogP) is 1.79. The van der Waals surface area contributed by atoms with Crippen LogP contribution in [0.25, 0.3) is 10.9 Å². The summed E-state index contributed by atoms with van der Waals surface area (Å²) in [7, 11) is 3.02. The number of nitrogens with one attached hydrogen (secondary N) is 1. The maximum absolute atomic E-state index is 10.8. The first-order valence-electron chi connectivity index (χ1n) is 5.21. The van der Waals surface area contributed by atoms with E-state index in [0.717, 1.165) is 0 Å². The Bertz CT molecular complexity index is 647.